The van der Waals surface area contributed by atoms with E-state index in [9.17, 15) is 0 Å². The lowest BCUT2D eigenvalue weighted by molar-refractivity contribution is 0.766. The summed E-state index contributed by atoms with van der Waals surface area (Å²) < 4.78 is 1.80. The highest BCUT2D eigenvalue weighted by molar-refractivity contribution is 5.56. The average molecular weight is 275 g/mol. The standard InChI is InChI=1S/C13H21N7/c1-3-4-11-12(16-9-17-13(11)19-14)15-6-5-10-7-18-20(2)8-10/h7-9H,3-6,14H2,1-2H3,(H2,15,16,17,19). The fourth-order valence-electron chi connectivity index (χ4n) is 2.10. The summed E-state index contributed by atoms with van der Waals surface area (Å²) in [5.41, 5.74) is 4.86. The second-order valence-corrected chi connectivity index (χ2v) is 4.64. The lowest BCUT2D eigenvalue weighted by Crippen LogP contribution is -2.15. The molecule has 2 heterocycles. The first-order chi connectivity index (χ1) is 9.74. The molecule has 20 heavy (non-hydrogen) atoms. The zero-order valence-electron chi connectivity index (χ0n) is 11.9. The minimum atomic E-state index is 0.686. The Morgan fingerprint density at radius 3 is 2.70 bits per heavy atom. The van der Waals surface area contributed by atoms with Gasteiger partial charge in [0, 0.05) is 25.4 Å². The van der Waals surface area contributed by atoms with Gasteiger partial charge in [-0.1, -0.05) is 13.3 Å². The summed E-state index contributed by atoms with van der Waals surface area (Å²) in [6.45, 7) is 2.91. The molecule has 0 atom stereocenters. The number of hydrazine groups is 1. The predicted molar refractivity (Wildman–Crippen MR) is 79.2 cm³/mol. The lowest BCUT2D eigenvalue weighted by Gasteiger charge is -2.13. The molecule has 2 rings (SSSR count). The van der Waals surface area contributed by atoms with Gasteiger partial charge < -0.3 is 10.7 Å². The van der Waals surface area contributed by atoms with Gasteiger partial charge in [-0.3, -0.25) is 4.68 Å². The lowest BCUT2D eigenvalue weighted by atomic mass is 10.1. The molecular weight excluding hydrogens is 254 g/mol. The van der Waals surface area contributed by atoms with Gasteiger partial charge in [0.2, 0.25) is 0 Å². The molecule has 7 heteroatoms. The number of nitrogens with one attached hydrogen (secondary N) is 2. The highest BCUT2D eigenvalue weighted by Crippen LogP contribution is 2.20. The van der Waals surface area contributed by atoms with E-state index in [0.29, 0.717) is 5.82 Å². The molecule has 0 saturated carbocycles. The maximum absolute atomic E-state index is 5.49. The van der Waals surface area contributed by atoms with Crippen molar-refractivity contribution in [2.45, 2.75) is 26.2 Å². The first-order valence-corrected chi connectivity index (χ1v) is 6.76. The number of nitrogens with two attached hydrogens (primary N) is 1. The van der Waals surface area contributed by atoms with Crippen molar-refractivity contribution in [3.05, 3.63) is 29.8 Å². The number of nitrogens with zero attached hydrogens (tertiary/aromatic N) is 4. The smallest absolute Gasteiger partial charge is 0.148 e. The monoisotopic (exact) mass is 275 g/mol. The fraction of sp³-hybridized carbons (Fsp3) is 0.462. The molecule has 0 fully saturated rings. The molecule has 0 bridgehead atoms. The Morgan fingerprint density at radius 2 is 2.05 bits per heavy atom. The number of hydrogen-bond acceptors (Lipinski definition) is 6. The molecule has 2 aromatic heterocycles. The molecule has 0 amide bonds. The third-order valence-electron chi connectivity index (χ3n) is 3.05. The van der Waals surface area contributed by atoms with Gasteiger partial charge in [0.1, 0.15) is 18.0 Å². The van der Waals surface area contributed by atoms with Gasteiger partial charge >= 0.3 is 0 Å². The third-order valence-corrected chi connectivity index (χ3v) is 3.05. The Hall–Kier alpha value is -2.15. The van der Waals surface area contributed by atoms with Crippen LogP contribution in [0, 0.1) is 0 Å². The van der Waals surface area contributed by atoms with E-state index in [0.717, 1.165) is 37.2 Å². The third kappa shape index (κ3) is 3.45. The van der Waals surface area contributed by atoms with Gasteiger partial charge in [-0.05, 0) is 18.4 Å². The zero-order valence-corrected chi connectivity index (χ0v) is 11.9. The summed E-state index contributed by atoms with van der Waals surface area (Å²) in [5.74, 6) is 7.03. The number of aromatic nitrogens is 4. The van der Waals surface area contributed by atoms with Crippen LogP contribution in [0.1, 0.15) is 24.5 Å². The molecule has 7 nitrogen and oxygen atoms in total. The van der Waals surface area contributed by atoms with Crippen molar-refractivity contribution in [1.82, 2.24) is 19.7 Å². The molecule has 0 spiro atoms. The number of aryl methyl sites for hydroxylation is 1. The molecule has 4 N–H and O–H groups in total. The maximum atomic E-state index is 5.49. The van der Waals surface area contributed by atoms with Gasteiger partial charge in [-0.15, -0.1) is 0 Å². The van der Waals surface area contributed by atoms with Crippen LogP contribution in [-0.2, 0) is 19.9 Å². The normalized spacial score (nSPS) is 10.6. The van der Waals surface area contributed by atoms with E-state index in [2.05, 4.69) is 32.7 Å². The van der Waals surface area contributed by atoms with Gasteiger partial charge in [0.25, 0.3) is 0 Å². The van der Waals surface area contributed by atoms with Crippen LogP contribution in [0.4, 0.5) is 11.6 Å². The minimum Gasteiger partial charge on any atom is -0.369 e. The highest BCUT2D eigenvalue weighted by Gasteiger charge is 2.09. The van der Waals surface area contributed by atoms with Crippen molar-refractivity contribution in [3.8, 4) is 0 Å². The van der Waals surface area contributed by atoms with E-state index in [1.54, 1.807) is 4.68 Å². The van der Waals surface area contributed by atoms with Crippen molar-refractivity contribution < 1.29 is 0 Å². The van der Waals surface area contributed by atoms with Gasteiger partial charge in [0.15, 0.2) is 0 Å². The molecule has 0 radical (unpaired) electrons. The SMILES string of the molecule is CCCc1c(NN)ncnc1NCCc1cnn(C)c1. The van der Waals surface area contributed by atoms with Crippen LogP contribution in [0.15, 0.2) is 18.7 Å². The van der Waals surface area contributed by atoms with Crippen LogP contribution in [0.5, 0.6) is 0 Å². The second kappa shape index (κ2) is 6.85. The Kier molecular flexibility index (Phi) is 4.89. The van der Waals surface area contributed by atoms with Crippen molar-refractivity contribution >= 4 is 11.6 Å². The summed E-state index contributed by atoms with van der Waals surface area (Å²) in [6, 6.07) is 0. The molecule has 0 aliphatic carbocycles. The summed E-state index contributed by atoms with van der Waals surface area (Å²) in [7, 11) is 1.92. The molecule has 2 aromatic rings. The van der Waals surface area contributed by atoms with Crippen molar-refractivity contribution in [2.24, 2.45) is 12.9 Å². The minimum absolute atomic E-state index is 0.686. The van der Waals surface area contributed by atoms with Crippen molar-refractivity contribution in [2.75, 3.05) is 17.3 Å². The van der Waals surface area contributed by atoms with Crippen molar-refractivity contribution in [1.29, 1.82) is 0 Å². The summed E-state index contributed by atoms with van der Waals surface area (Å²) in [5, 5.41) is 7.50. The van der Waals surface area contributed by atoms with Crippen LogP contribution in [0.25, 0.3) is 0 Å². The Balaban J connectivity index is 2.01. The van der Waals surface area contributed by atoms with E-state index in [-0.39, 0.29) is 0 Å². The topological polar surface area (TPSA) is 93.7 Å². The number of anilines is 2. The summed E-state index contributed by atoms with van der Waals surface area (Å²) in [4.78, 5) is 8.45. The molecule has 0 aromatic carbocycles. The van der Waals surface area contributed by atoms with Crippen LogP contribution in [0.2, 0.25) is 0 Å². The van der Waals surface area contributed by atoms with Crippen LogP contribution >= 0.6 is 0 Å². The largest absolute Gasteiger partial charge is 0.369 e. The molecule has 0 saturated heterocycles. The van der Waals surface area contributed by atoms with Gasteiger partial charge in [-0.2, -0.15) is 5.10 Å². The highest BCUT2D eigenvalue weighted by atomic mass is 15.3. The molecule has 0 aliphatic heterocycles. The van der Waals surface area contributed by atoms with E-state index in [1.807, 2.05) is 19.4 Å². The maximum Gasteiger partial charge on any atom is 0.148 e. The Labute approximate surface area is 118 Å². The van der Waals surface area contributed by atoms with E-state index >= 15 is 0 Å². The van der Waals surface area contributed by atoms with Crippen LogP contribution in [0.3, 0.4) is 0 Å². The molecular formula is C13H21N7. The quantitative estimate of drug-likeness (QED) is 0.517. The number of rotatable bonds is 7. The van der Waals surface area contributed by atoms with Gasteiger partial charge in [0.05, 0.1) is 6.20 Å². The Bertz CT molecular complexity index is 549. The zero-order chi connectivity index (χ0) is 14.4. The Morgan fingerprint density at radius 1 is 1.25 bits per heavy atom. The first-order valence-electron chi connectivity index (χ1n) is 6.76. The summed E-state index contributed by atoms with van der Waals surface area (Å²) in [6.07, 6.45) is 8.20. The fourth-order valence-corrected chi connectivity index (χ4v) is 2.10. The van der Waals surface area contributed by atoms with Crippen LogP contribution < -0.4 is 16.6 Å². The molecule has 0 aliphatic rings. The molecule has 0 unspecified atom stereocenters. The first kappa shape index (κ1) is 14.3. The average Bonchev–Trinajstić information content (AvgIpc) is 2.86. The van der Waals surface area contributed by atoms with E-state index < -0.39 is 0 Å². The van der Waals surface area contributed by atoms with Crippen LogP contribution in [-0.4, -0.2) is 26.3 Å². The summed E-state index contributed by atoms with van der Waals surface area (Å²) >= 11 is 0. The van der Waals surface area contributed by atoms with Gasteiger partial charge in [-0.25, -0.2) is 15.8 Å². The second-order valence-electron chi connectivity index (χ2n) is 4.64. The van der Waals surface area contributed by atoms with E-state index in [1.165, 1.54) is 11.9 Å². The van der Waals surface area contributed by atoms with Crippen molar-refractivity contribution in [3.63, 3.8) is 0 Å². The van der Waals surface area contributed by atoms with E-state index in [4.69, 9.17) is 5.84 Å². The predicted octanol–water partition coefficient (Wildman–Crippen LogP) is 1.10. The molecule has 108 valence electrons. The number of hydrogen-bond donors (Lipinski definition) is 3. The number of nitrogen functional groups attached to an aromatic ring is 1.